The van der Waals surface area contributed by atoms with E-state index in [2.05, 4.69) is 4.98 Å². The zero-order valence-electron chi connectivity index (χ0n) is 8.14. The third-order valence-corrected chi connectivity index (χ3v) is 3.25. The number of anilines is 1. The van der Waals surface area contributed by atoms with Crippen molar-refractivity contribution in [2.45, 2.75) is 4.90 Å². The highest BCUT2D eigenvalue weighted by Gasteiger charge is 2.05. The van der Waals surface area contributed by atoms with Gasteiger partial charge in [-0.1, -0.05) is 23.5 Å². The molecule has 2 rings (SSSR count). The molecular weight excluding hydrogens is 228 g/mol. The second-order valence-corrected chi connectivity index (χ2v) is 4.65. The van der Waals surface area contributed by atoms with E-state index < -0.39 is 0 Å². The minimum absolute atomic E-state index is 0.578. The van der Waals surface area contributed by atoms with Crippen LogP contribution in [0.15, 0.2) is 35.4 Å². The number of para-hydroxylation sites is 1. The standard InChI is InChI=1S/C10H10N2OS2/c1-14-8-5-3-2-4-7(8)13-10-12-6-9(11)15-10/h2-6H,11H2,1H3. The molecular formula is C10H10N2OS2. The van der Waals surface area contributed by atoms with Gasteiger partial charge in [0, 0.05) is 4.90 Å². The number of hydrogen-bond acceptors (Lipinski definition) is 5. The Morgan fingerprint density at radius 3 is 2.87 bits per heavy atom. The molecule has 1 aromatic heterocycles. The number of rotatable bonds is 3. The molecule has 3 nitrogen and oxygen atoms in total. The van der Waals surface area contributed by atoms with Gasteiger partial charge in [0.2, 0.25) is 0 Å². The van der Waals surface area contributed by atoms with Crippen LogP contribution < -0.4 is 10.5 Å². The summed E-state index contributed by atoms with van der Waals surface area (Å²) in [7, 11) is 0. The zero-order valence-corrected chi connectivity index (χ0v) is 9.77. The Hall–Kier alpha value is -1.20. The number of thiazole rings is 1. The maximum Gasteiger partial charge on any atom is 0.280 e. The Morgan fingerprint density at radius 2 is 2.20 bits per heavy atom. The molecule has 0 unspecified atom stereocenters. The number of aromatic nitrogens is 1. The summed E-state index contributed by atoms with van der Waals surface area (Å²) in [5.74, 6) is 0.819. The summed E-state index contributed by atoms with van der Waals surface area (Å²) in [6.07, 6.45) is 3.61. The second-order valence-electron chi connectivity index (χ2n) is 2.78. The Labute approximate surface area is 96.3 Å². The number of hydrogen-bond donors (Lipinski definition) is 1. The Bertz CT molecular complexity index is 456. The van der Waals surface area contributed by atoms with Crippen molar-refractivity contribution >= 4 is 28.1 Å². The molecule has 0 fully saturated rings. The van der Waals surface area contributed by atoms with Gasteiger partial charge in [0.25, 0.3) is 5.19 Å². The molecule has 0 radical (unpaired) electrons. The highest BCUT2D eigenvalue weighted by atomic mass is 32.2. The van der Waals surface area contributed by atoms with Crippen LogP contribution >= 0.6 is 23.1 Å². The van der Waals surface area contributed by atoms with E-state index in [0.717, 1.165) is 10.6 Å². The lowest BCUT2D eigenvalue weighted by molar-refractivity contribution is 0.467. The van der Waals surface area contributed by atoms with Gasteiger partial charge in [-0.25, -0.2) is 4.98 Å². The lowest BCUT2D eigenvalue weighted by Crippen LogP contribution is -1.84. The van der Waals surface area contributed by atoms with Crippen molar-refractivity contribution in [1.29, 1.82) is 0 Å². The van der Waals surface area contributed by atoms with Crippen molar-refractivity contribution < 1.29 is 4.74 Å². The number of benzene rings is 1. The van der Waals surface area contributed by atoms with Gasteiger partial charge in [-0.2, -0.15) is 0 Å². The van der Waals surface area contributed by atoms with Gasteiger partial charge in [0.15, 0.2) is 0 Å². The summed E-state index contributed by atoms with van der Waals surface area (Å²) < 4.78 is 5.63. The monoisotopic (exact) mass is 238 g/mol. The molecule has 0 atom stereocenters. The van der Waals surface area contributed by atoms with Crippen LogP contribution in [0, 0.1) is 0 Å². The van der Waals surface area contributed by atoms with Gasteiger partial charge < -0.3 is 10.5 Å². The fourth-order valence-corrected chi connectivity index (χ4v) is 2.18. The summed E-state index contributed by atoms with van der Waals surface area (Å²) in [5, 5.41) is 1.24. The maximum absolute atomic E-state index is 5.63. The molecule has 78 valence electrons. The van der Waals surface area contributed by atoms with E-state index in [9.17, 15) is 0 Å². The lowest BCUT2D eigenvalue weighted by Gasteiger charge is -2.05. The fraction of sp³-hybridized carbons (Fsp3) is 0.100. The first-order valence-corrected chi connectivity index (χ1v) is 6.36. The van der Waals surface area contributed by atoms with Gasteiger partial charge in [-0.05, 0) is 18.4 Å². The average Bonchev–Trinajstić information content (AvgIpc) is 2.65. The zero-order chi connectivity index (χ0) is 10.7. The van der Waals surface area contributed by atoms with Crippen molar-refractivity contribution in [3.63, 3.8) is 0 Å². The maximum atomic E-state index is 5.63. The van der Waals surface area contributed by atoms with Gasteiger partial charge in [0.1, 0.15) is 10.8 Å². The predicted molar refractivity (Wildman–Crippen MR) is 64.8 cm³/mol. The average molecular weight is 238 g/mol. The van der Waals surface area contributed by atoms with Gasteiger partial charge in [-0.15, -0.1) is 11.8 Å². The highest BCUT2D eigenvalue weighted by Crippen LogP contribution is 2.33. The Morgan fingerprint density at radius 1 is 1.40 bits per heavy atom. The van der Waals surface area contributed by atoms with Crippen LogP contribution in [0.2, 0.25) is 0 Å². The number of nitrogens with zero attached hydrogens (tertiary/aromatic N) is 1. The molecule has 0 amide bonds. The molecule has 15 heavy (non-hydrogen) atoms. The molecule has 5 heteroatoms. The van der Waals surface area contributed by atoms with E-state index in [1.54, 1.807) is 18.0 Å². The van der Waals surface area contributed by atoms with Crippen LogP contribution in [0.25, 0.3) is 0 Å². The minimum Gasteiger partial charge on any atom is -0.430 e. The summed E-state index contributed by atoms with van der Waals surface area (Å²) in [6.45, 7) is 0. The molecule has 0 spiro atoms. The fourth-order valence-electron chi connectivity index (χ4n) is 1.11. The SMILES string of the molecule is CSc1ccccc1Oc1ncc(N)s1. The second kappa shape index (κ2) is 4.55. The molecule has 0 saturated heterocycles. The van der Waals surface area contributed by atoms with E-state index in [1.807, 2.05) is 30.5 Å². The molecule has 1 heterocycles. The largest absolute Gasteiger partial charge is 0.430 e. The Balaban J connectivity index is 2.23. The van der Waals surface area contributed by atoms with Crippen LogP contribution in [0.3, 0.4) is 0 Å². The van der Waals surface area contributed by atoms with E-state index in [-0.39, 0.29) is 0 Å². The molecule has 0 aliphatic heterocycles. The summed E-state index contributed by atoms with van der Waals surface area (Å²) >= 11 is 2.98. The van der Waals surface area contributed by atoms with Crippen LogP contribution in [-0.2, 0) is 0 Å². The Kier molecular flexibility index (Phi) is 3.13. The first-order chi connectivity index (χ1) is 7.29. The van der Waals surface area contributed by atoms with Gasteiger partial charge >= 0.3 is 0 Å². The van der Waals surface area contributed by atoms with E-state index in [0.29, 0.717) is 10.2 Å². The van der Waals surface area contributed by atoms with Crippen LogP contribution in [0.5, 0.6) is 10.9 Å². The van der Waals surface area contributed by atoms with E-state index >= 15 is 0 Å². The predicted octanol–water partition coefficient (Wildman–Crippen LogP) is 3.24. The summed E-state index contributed by atoms with van der Waals surface area (Å²) in [5.41, 5.74) is 5.57. The quantitative estimate of drug-likeness (QED) is 0.834. The van der Waals surface area contributed by atoms with Crippen LogP contribution in [-0.4, -0.2) is 11.2 Å². The topological polar surface area (TPSA) is 48.1 Å². The van der Waals surface area contributed by atoms with Gasteiger partial charge in [-0.3, -0.25) is 0 Å². The van der Waals surface area contributed by atoms with Gasteiger partial charge in [0.05, 0.1) is 6.20 Å². The smallest absolute Gasteiger partial charge is 0.280 e. The highest BCUT2D eigenvalue weighted by molar-refractivity contribution is 7.98. The van der Waals surface area contributed by atoms with Crippen molar-refractivity contribution in [1.82, 2.24) is 4.98 Å². The summed E-state index contributed by atoms with van der Waals surface area (Å²) in [4.78, 5) is 5.14. The van der Waals surface area contributed by atoms with Crippen LogP contribution in [0.4, 0.5) is 5.00 Å². The lowest BCUT2D eigenvalue weighted by atomic mass is 10.3. The van der Waals surface area contributed by atoms with Crippen molar-refractivity contribution in [3.8, 4) is 10.9 Å². The molecule has 0 aliphatic rings. The summed E-state index contributed by atoms with van der Waals surface area (Å²) in [6, 6.07) is 7.85. The van der Waals surface area contributed by atoms with Crippen molar-refractivity contribution in [2.75, 3.05) is 12.0 Å². The molecule has 1 aromatic carbocycles. The third-order valence-electron chi connectivity index (χ3n) is 1.77. The van der Waals surface area contributed by atoms with E-state index in [1.165, 1.54) is 11.3 Å². The number of ether oxygens (including phenoxy) is 1. The first-order valence-electron chi connectivity index (χ1n) is 4.32. The molecule has 0 aliphatic carbocycles. The minimum atomic E-state index is 0.578. The molecule has 2 N–H and O–H groups in total. The first kappa shape index (κ1) is 10.3. The molecule has 0 saturated carbocycles. The number of nitrogens with two attached hydrogens (primary N) is 1. The van der Waals surface area contributed by atoms with Crippen molar-refractivity contribution in [2.24, 2.45) is 0 Å². The molecule has 2 aromatic rings. The van der Waals surface area contributed by atoms with E-state index in [4.69, 9.17) is 10.5 Å². The third kappa shape index (κ3) is 2.43. The van der Waals surface area contributed by atoms with Crippen LogP contribution in [0.1, 0.15) is 0 Å². The number of nitrogen functional groups attached to an aromatic ring is 1. The molecule has 0 bridgehead atoms. The normalized spacial score (nSPS) is 10.2. The van der Waals surface area contributed by atoms with Crippen molar-refractivity contribution in [3.05, 3.63) is 30.5 Å². The number of thioether (sulfide) groups is 1.